The number of nitrogens with zero attached hydrogens (tertiary/aromatic N) is 2. The monoisotopic (exact) mass is 413 g/mol. The second-order valence-corrected chi connectivity index (χ2v) is 8.00. The van der Waals surface area contributed by atoms with E-state index in [1.807, 2.05) is 13.0 Å². The van der Waals surface area contributed by atoms with Crippen LogP contribution >= 0.6 is 11.6 Å². The number of ketones is 1. The van der Waals surface area contributed by atoms with Crippen molar-refractivity contribution in [2.45, 2.75) is 38.1 Å². The maximum atomic E-state index is 14.9. The highest BCUT2D eigenvalue weighted by atomic mass is 35.5. The van der Waals surface area contributed by atoms with Crippen molar-refractivity contribution in [3.8, 4) is 0 Å². The van der Waals surface area contributed by atoms with Crippen molar-refractivity contribution in [2.75, 3.05) is 0 Å². The number of hydrogen-bond acceptors (Lipinski definition) is 5. The van der Waals surface area contributed by atoms with Crippen molar-refractivity contribution >= 4 is 23.4 Å². The molecule has 0 radical (unpaired) electrons. The van der Waals surface area contributed by atoms with Gasteiger partial charge in [0.25, 0.3) is 6.02 Å². The van der Waals surface area contributed by atoms with Gasteiger partial charge in [-0.05, 0) is 62.1 Å². The SMILES string of the molecule is C[C@]1(c2cc(CC(=O)c3ccc(Cl)cn3)ccc2F)N=C(N)OC2=CCCCC21. The third kappa shape index (κ3) is 3.77. The molecule has 29 heavy (non-hydrogen) atoms. The summed E-state index contributed by atoms with van der Waals surface area (Å²) in [4.78, 5) is 21.1. The summed E-state index contributed by atoms with van der Waals surface area (Å²) in [6, 6.07) is 7.93. The Kier molecular flexibility index (Phi) is 5.13. The summed E-state index contributed by atoms with van der Waals surface area (Å²) in [5.74, 6) is 0.105. The summed E-state index contributed by atoms with van der Waals surface area (Å²) in [5.41, 5.74) is 6.43. The Morgan fingerprint density at radius 3 is 2.97 bits per heavy atom. The van der Waals surface area contributed by atoms with Gasteiger partial charge in [-0.3, -0.25) is 9.78 Å². The molecule has 4 rings (SSSR count). The van der Waals surface area contributed by atoms with Crippen LogP contribution in [0.4, 0.5) is 4.39 Å². The van der Waals surface area contributed by atoms with Crippen LogP contribution in [0.25, 0.3) is 0 Å². The zero-order chi connectivity index (χ0) is 20.6. The van der Waals surface area contributed by atoms with Gasteiger partial charge in [0.2, 0.25) is 0 Å². The van der Waals surface area contributed by atoms with E-state index in [-0.39, 0.29) is 30.0 Å². The van der Waals surface area contributed by atoms with Gasteiger partial charge in [-0.1, -0.05) is 17.7 Å². The number of halogens is 2. The fourth-order valence-electron chi connectivity index (χ4n) is 4.11. The molecule has 2 atom stereocenters. The lowest BCUT2D eigenvalue weighted by Gasteiger charge is -2.41. The Balaban J connectivity index is 1.68. The summed E-state index contributed by atoms with van der Waals surface area (Å²) in [6.45, 7) is 1.87. The number of nitrogens with two attached hydrogens (primary N) is 1. The predicted molar refractivity (Wildman–Crippen MR) is 109 cm³/mol. The van der Waals surface area contributed by atoms with Crippen molar-refractivity contribution in [1.29, 1.82) is 0 Å². The molecule has 0 spiro atoms. The van der Waals surface area contributed by atoms with E-state index in [1.165, 1.54) is 12.3 Å². The van der Waals surface area contributed by atoms with Gasteiger partial charge in [-0.15, -0.1) is 0 Å². The molecule has 0 fully saturated rings. The van der Waals surface area contributed by atoms with Crippen molar-refractivity contribution in [2.24, 2.45) is 16.6 Å². The Morgan fingerprint density at radius 2 is 2.21 bits per heavy atom. The molecule has 1 aliphatic heterocycles. The fourth-order valence-corrected chi connectivity index (χ4v) is 4.22. The number of fused-ring (bicyclic) bond motifs is 1. The number of carbonyl (C=O) groups excluding carboxylic acids is 1. The van der Waals surface area contributed by atoms with Gasteiger partial charge in [0, 0.05) is 24.1 Å². The van der Waals surface area contributed by atoms with Crippen LogP contribution in [0.5, 0.6) is 0 Å². The number of hydrogen-bond donors (Lipinski definition) is 1. The zero-order valence-electron chi connectivity index (χ0n) is 16.0. The molecule has 1 aromatic heterocycles. The van der Waals surface area contributed by atoms with E-state index in [0.717, 1.165) is 25.0 Å². The number of aromatic nitrogens is 1. The number of carbonyl (C=O) groups is 1. The first-order chi connectivity index (χ1) is 13.9. The van der Waals surface area contributed by atoms with Crippen LogP contribution in [0.1, 0.15) is 47.8 Å². The lowest BCUT2D eigenvalue weighted by atomic mass is 9.73. The summed E-state index contributed by atoms with van der Waals surface area (Å²) in [6.07, 6.45) is 6.25. The molecule has 2 aliphatic rings. The number of rotatable bonds is 4. The Hall–Kier alpha value is -2.73. The molecule has 150 valence electrons. The van der Waals surface area contributed by atoms with Gasteiger partial charge in [-0.2, -0.15) is 0 Å². The fraction of sp³-hybridized carbons (Fsp3) is 0.318. The molecule has 0 bridgehead atoms. The van der Waals surface area contributed by atoms with E-state index < -0.39 is 5.54 Å². The number of Topliss-reactive ketones (excluding diaryl/α,β-unsaturated/α-hetero) is 1. The lowest BCUT2D eigenvalue weighted by Crippen LogP contribution is -2.42. The molecule has 0 saturated heterocycles. The van der Waals surface area contributed by atoms with Crippen molar-refractivity contribution in [3.63, 3.8) is 0 Å². The average molecular weight is 414 g/mol. The van der Waals surface area contributed by atoms with Gasteiger partial charge in [-0.25, -0.2) is 9.38 Å². The van der Waals surface area contributed by atoms with Crippen LogP contribution in [0.3, 0.4) is 0 Å². The molecule has 0 amide bonds. The molecule has 2 heterocycles. The van der Waals surface area contributed by atoms with Crippen molar-refractivity contribution in [1.82, 2.24) is 4.98 Å². The van der Waals surface area contributed by atoms with E-state index in [2.05, 4.69) is 9.98 Å². The molecular weight excluding hydrogens is 393 g/mol. The molecule has 2 N–H and O–H groups in total. The summed E-state index contributed by atoms with van der Waals surface area (Å²) in [7, 11) is 0. The number of allylic oxidation sites excluding steroid dienone is 1. The molecule has 1 unspecified atom stereocenters. The van der Waals surface area contributed by atoms with Crippen LogP contribution in [0, 0.1) is 11.7 Å². The number of aliphatic imine (C=N–C) groups is 1. The topological polar surface area (TPSA) is 77.6 Å². The van der Waals surface area contributed by atoms with Crippen LogP contribution in [-0.4, -0.2) is 16.8 Å². The van der Waals surface area contributed by atoms with Crippen molar-refractivity contribution in [3.05, 3.63) is 76.0 Å². The van der Waals surface area contributed by atoms with Crippen LogP contribution < -0.4 is 5.73 Å². The molecule has 0 saturated carbocycles. The molecule has 5 nitrogen and oxygen atoms in total. The van der Waals surface area contributed by atoms with Gasteiger partial charge < -0.3 is 10.5 Å². The quantitative estimate of drug-likeness (QED) is 0.746. The minimum atomic E-state index is -0.893. The molecule has 2 aromatic rings. The van der Waals surface area contributed by atoms with Crippen LogP contribution in [0.15, 0.2) is 53.4 Å². The summed E-state index contributed by atoms with van der Waals surface area (Å²) < 4.78 is 20.5. The molecular formula is C22H21ClFN3O2. The normalized spacial score (nSPS) is 23.5. The number of amidine groups is 1. The van der Waals surface area contributed by atoms with E-state index in [0.29, 0.717) is 21.8 Å². The minimum absolute atomic E-state index is 0.0307. The maximum absolute atomic E-state index is 14.9. The van der Waals surface area contributed by atoms with E-state index in [9.17, 15) is 9.18 Å². The second-order valence-electron chi connectivity index (χ2n) is 7.57. The smallest absolute Gasteiger partial charge is 0.288 e. The third-order valence-electron chi connectivity index (χ3n) is 5.58. The second kappa shape index (κ2) is 7.59. The lowest BCUT2D eigenvalue weighted by molar-refractivity contribution is 0.0988. The average Bonchev–Trinajstić information content (AvgIpc) is 2.69. The zero-order valence-corrected chi connectivity index (χ0v) is 16.7. The Labute approximate surface area is 173 Å². The third-order valence-corrected chi connectivity index (χ3v) is 5.81. The number of pyridine rings is 1. The highest BCUT2D eigenvalue weighted by Crippen LogP contribution is 2.46. The van der Waals surface area contributed by atoms with Crippen LogP contribution in [0.2, 0.25) is 5.02 Å². The molecule has 1 aromatic carbocycles. The first-order valence-corrected chi connectivity index (χ1v) is 9.91. The Bertz CT molecular complexity index is 1020. The van der Waals surface area contributed by atoms with Gasteiger partial charge in [0.15, 0.2) is 5.78 Å². The Morgan fingerprint density at radius 1 is 1.38 bits per heavy atom. The first-order valence-electron chi connectivity index (χ1n) is 9.54. The number of benzene rings is 1. The van der Waals surface area contributed by atoms with Gasteiger partial charge >= 0.3 is 0 Å². The van der Waals surface area contributed by atoms with E-state index >= 15 is 0 Å². The minimum Gasteiger partial charge on any atom is -0.431 e. The van der Waals surface area contributed by atoms with Crippen molar-refractivity contribution < 1.29 is 13.9 Å². The molecule has 7 heteroatoms. The highest BCUT2D eigenvalue weighted by molar-refractivity contribution is 6.30. The largest absolute Gasteiger partial charge is 0.431 e. The molecule has 1 aliphatic carbocycles. The number of ether oxygens (including phenoxy) is 1. The van der Waals surface area contributed by atoms with E-state index in [1.54, 1.807) is 24.3 Å². The highest BCUT2D eigenvalue weighted by Gasteiger charge is 2.45. The predicted octanol–water partition coefficient (Wildman–Crippen LogP) is 4.54. The maximum Gasteiger partial charge on any atom is 0.288 e. The summed E-state index contributed by atoms with van der Waals surface area (Å²) >= 11 is 5.83. The first kappa shape index (κ1) is 19.6. The van der Waals surface area contributed by atoms with Crippen LogP contribution in [-0.2, 0) is 16.7 Å². The standard InChI is InChI=1S/C22H21ClFN3O2/c1-22(15-4-2-3-5-20(15)29-21(25)27-22)16-10-13(6-8-17(16)24)11-19(28)18-9-7-14(23)12-26-18/h5-10,12,15H,2-4,11H2,1H3,(H2,25,27)/t15?,22-/m0/s1. The van der Waals surface area contributed by atoms with E-state index in [4.69, 9.17) is 22.1 Å². The summed E-state index contributed by atoms with van der Waals surface area (Å²) in [5, 5.41) is 0.463. The van der Waals surface area contributed by atoms with Gasteiger partial charge in [0.05, 0.1) is 5.02 Å². The van der Waals surface area contributed by atoms with Gasteiger partial charge in [0.1, 0.15) is 22.8 Å².